The van der Waals surface area contributed by atoms with Gasteiger partial charge in [-0.15, -0.1) is 0 Å². The molecule has 1 aromatic heterocycles. The molecule has 1 rings (SSSR count). The fourth-order valence-corrected chi connectivity index (χ4v) is 1.21. The second-order valence-corrected chi connectivity index (χ2v) is 3.00. The number of carbonyl (C=O) groups is 1. The summed E-state index contributed by atoms with van der Waals surface area (Å²) in [5.74, 6) is -1.66. The van der Waals surface area contributed by atoms with Gasteiger partial charge in [0, 0.05) is 6.07 Å². The molecule has 0 aliphatic carbocycles. The van der Waals surface area contributed by atoms with Crippen molar-refractivity contribution in [3.05, 3.63) is 27.4 Å². The summed E-state index contributed by atoms with van der Waals surface area (Å²) in [4.78, 5) is 24.3. The Labute approximate surface area is 99.5 Å². The molecule has 0 aliphatic rings. The SMILES string of the molecule is COC(=O)c1nc(OC)c([N+](=O)[O-])cc1C(F)F. The van der Waals surface area contributed by atoms with Gasteiger partial charge in [0.1, 0.15) is 0 Å². The van der Waals surface area contributed by atoms with Crippen molar-refractivity contribution in [2.45, 2.75) is 6.43 Å². The van der Waals surface area contributed by atoms with Crippen LogP contribution < -0.4 is 4.74 Å². The van der Waals surface area contributed by atoms with Crippen molar-refractivity contribution in [1.82, 2.24) is 4.98 Å². The van der Waals surface area contributed by atoms with Crippen molar-refractivity contribution in [2.75, 3.05) is 14.2 Å². The van der Waals surface area contributed by atoms with Crippen molar-refractivity contribution in [2.24, 2.45) is 0 Å². The van der Waals surface area contributed by atoms with Gasteiger partial charge in [0.05, 0.1) is 24.7 Å². The first-order valence-corrected chi connectivity index (χ1v) is 4.52. The maximum absolute atomic E-state index is 12.7. The Morgan fingerprint density at radius 1 is 1.50 bits per heavy atom. The summed E-state index contributed by atoms with van der Waals surface area (Å²) in [6.07, 6.45) is -3.10. The molecule has 0 radical (unpaired) electrons. The first-order valence-electron chi connectivity index (χ1n) is 4.52. The Bertz CT molecular complexity index is 492. The van der Waals surface area contributed by atoms with E-state index in [1.54, 1.807) is 0 Å². The fourth-order valence-electron chi connectivity index (χ4n) is 1.21. The van der Waals surface area contributed by atoms with E-state index in [0.29, 0.717) is 6.07 Å². The predicted molar refractivity (Wildman–Crippen MR) is 53.7 cm³/mol. The number of pyridine rings is 1. The number of esters is 1. The minimum atomic E-state index is -3.10. The molecule has 0 fully saturated rings. The Hall–Kier alpha value is -2.32. The third-order valence-corrected chi connectivity index (χ3v) is 2.00. The zero-order valence-electron chi connectivity index (χ0n) is 9.35. The first kappa shape index (κ1) is 13.7. The monoisotopic (exact) mass is 262 g/mol. The third-order valence-electron chi connectivity index (χ3n) is 2.00. The number of nitrogens with zero attached hydrogens (tertiary/aromatic N) is 2. The molecule has 18 heavy (non-hydrogen) atoms. The average Bonchev–Trinajstić information content (AvgIpc) is 2.35. The maximum atomic E-state index is 12.7. The second-order valence-electron chi connectivity index (χ2n) is 3.00. The summed E-state index contributed by atoms with van der Waals surface area (Å²) in [5, 5.41) is 10.6. The fraction of sp³-hybridized carbons (Fsp3) is 0.333. The van der Waals surface area contributed by atoms with Gasteiger partial charge >= 0.3 is 11.7 Å². The molecule has 1 aromatic rings. The highest BCUT2D eigenvalue weighted by atomic mass is 19.3. The Balaban J connectivity index is 3.51. The second kappa shape index (κ2) is 5.34. The molecule has 0 N–H and O–H groups in total. The predicted octanol–water partition coefficient (Wildman–Crippen LogP) is 1.72. The summed E-state index contributed by atoms with van der Waals surface area (Å²) >= 11 is 0. The summed E-state index contributed by atoms with van der Waals surface area (Å²) in [6, 6.07) is 0.544. The molecule has 0 atom stereocenters. The maximum Gasteiger partial charge on any atom is 0.357 e. The molecule has 0 unspecified atom stereocenters. The molecular formula is C9H8F2N2O5. The zero-order valence-corrected chi connectivity index (χ0v) is 9.35. The normalized spacial score (nSPS) is 10.3. The van der Waals surface area contributed by atoms with E-state index in [-0.39, 0.29) is 0 Å². The average molecular weight is 262 g/mol. The van der Waals surface area contributed by atoms with Crippen LogP contribution in [0.4, 0.5) is 14.5 Å². The molecule has 1 heterocycles. The van der Waals surface area contributed by atoms with Crippen molar-refractivity contribution in [3.63, 3.8) is 0 Å². The van der Waals surface area contributed by atoms with Crippen molar-refractivity contribution < 1.29 is 28.0 Å². The number of halogens is 2. The van der Waals surface area contributed by atoms with E-state index in [9.17, 15) is 23.7 Å². The van der Waals surface area contributed by atoms with Crippen LogP contribution in [-0.4, -0.2) is 30.1 Å². The number of carbonyl (C=O) groups excluding carboxylic acids is 1. The van der Waals surface area contributed by atoms with Crippen molar-refractivity contribution in [3.8, 4) is 5.88 Å². The largest absolute Gasteiger partial charge is 0.476 e. The van der Waals surface area contributed by atoms with Crippen LogP contribution in [0.3, 0.4) is 0 Å². The Kier molecular flexibility index (Phi) is 4.08. The standard InChI is InChI=1S/C9H8F2N2O5/c1-17-8-5(13(15)16)3-4(7(10)11)6(12-8)9(14)18-2/h3,7H,1-2H3. The van der Waals surface area contributed by atoms with Gasteiger partial charge in [-0.1, -0.05) is 0 Å². The highest BCUT2D eigenvalue weighted by Crippen LogP contribution is 2.32. The van der Waals surface area contributed by atoms with E-state index < -0.39 is 40.1 Å². The van der Waals surface area contributed by atoms with Gasteiger partial charge in [-0.3, -0.25) is 10.1 Å². The highest BCUT2D eigenvalue weighted by molar-refractivity contribution is 5.89. The lowest BCUT2D eigenvalue weighted by Crippen LogP contribution is -2.11. The summed E-state index contributed by atoms with van der Waals surface area (Å²) in [7, 11) is 2.05. The topological polar surface area (TPSA) is 91.6 Å². The molecule has 0 saturated carbocycles. The van der Waals surface area contributed by atoms with E-state index in [4.69, 9.17) is 0 Å². The van der Waals surface area contributed by atoms with Gasteiger partial charge in [-0.05, 0) is 0 Å². The van der Waals surface area contributed by atoms with Crippen LogP contribution >= 0.6 is 0 Å². The molecule has 0 aliphatic heterocycles. The minimum Gasteiger partial charge on any atom is -0.476 e. The molecule has 0 amide bonds. The molecule has 0 spiro atoms. The smallest absolute Gasteiger partial charge is 0.357 e. The van der Waals surface area contributed by atoms with Crippen molar-refractivity contribution >= 4 is 11.7 Å². The number of alkyl halides is 2. The lowest BCUT2D eigenvalue weighted by Gasteiger charge is -2.08. The van der Waals surface area contributed by atoms with E-state index in [2.05, 4.69) is 14.5 Å². The quantitative estimate of drug-likeness (QED) is 0.466. The van der Waals surface area contributed by atoms with Gasteiger partial charge in [-0.25, -0.2) is 13.6 Å². The van der Waals surface area contributed by atoms with E-state index in [1.807, 2.05) is 0 Å². The molecule has 9 heteroatoms. The molecule has 98 valence electrons. The van der Waals surface area contributed by atoms with Crippen LogP contribution in [0.2, 0.25) is 0 Å². The number of hydrogen-bond donors (Lipinski definition) is 0. The lowest BCUT2D eigenvalue weighted by molar-refractivity contribution is -0.386. The highest BCUT2D eigenvalue weighted by Gasteiger charge is 2.28. The van der Waals surface area contributed by atoms with E-state index >= 15 is 0 Å². The summed E-state index contributed by atoms with van der Waals surface area (Å²) in [6.45, 7) is 0. The van der Waals surface area contributed by atoms with Gasteiger partial charge in [0.2, 0.25) is 0 Å². The molecule has 0 saturated heterocycles. The van der Waals surface area contributed by atoms with Crippen LogP contribution in [0, 0.1) is 10.1 Å². The number of nitro groups is 1. The van der Waals surface area contributed by atoms with Crippen LogP contribution in [0.25, 0.3) is 0 Å². The minimum absolute atomic E-state index is 0.537. The summed E-state index contributed by atoms with van der Waals surface area (Å²) in [5.41, 5.74) is -2.34. The molecule has 7 nitrogen and oxygen atoms in total. The van der Waals surface area contributed by atoms with Crippen LogP contribution in [0.1, 0.15) is 22.5 Å². The van der Waals surface area contributed by atoms with Gasteiger partial charge < -0.3 is 9.47 Å². The molecule has 0 aromatic carbocycles. The lowest BCUT2D eigenvalue weighted by atomic mass is 10.2. The van der Waals surface area contributed by atoms with Crippen LogP contribution in [-0.2, 0) is 4.74 Å². The van der Waals surface area contributed by atoms with E-state index in [0.717, 1.165) is 14.2 Å². The van der Waals surface area contributed by atoms with Gasteiger partial charge in [0.15, 0.2) is 5.69 Å². The zero-order chi connectivity index (χ0) is 13.9. The van der Waals surface area contributed by atoms with Crippen LogP contribution in [0.15, 0.2) is 6.07 Å². The number of methoxy groups -OCH3 is 2. The number of hydrogen-bond acceptors (Lipinski definition) is 6. The first-order chi connectivity index (χ1) is 8.42. The number of rotatable bonds is 4. The summed E-state index contributed by atoms with van der Waals surface area (Å²) < 4.78 is 34.2. The number of aromatic nitrogens is 1. The number of ether oxygens (including phenoxy) is 2. The molecule has 0 bridgehead atoms. The third kappa shape index (κ3) is 2.50. The van der Waals surface area contributed by atoms with Gasteiger partial charge in [-0.2, -0.15) is 4.98 Å². The van der Waals surface area contributed by atoms with Gasteiger partial charge in [0.25, 0.3) is 12.3 Å². The van der Waals surface area contributed by atoms with E-state index in [1.165, 1.54) is 0 Å². The Morgan fingerprint density at radius 2 is 2.11 bits per heavy atom. The molecular weight excluding hydrogens is 254 g/mol. The van der Waals surface area contributed by atoms with Crippen molar-refractivity contribution in [1.29, 1.82) is 0 Å². The van der Waals surface area contributed by atoms with Crippen LogP contribution in [0.5, 0.6) is 5.88 Å². The Morgan fingerprint density at radius 3 is 2.50 bits per heavy atom.